The summed E-state index contributed by atoms with van der Waals surface area (Å²) in [6.45, 7) is 7.33. The van der Waals surface area contributed by atoms with Crippen LogP contribution in [-0.2, 0) is 0 Å². The summed E-state index contributed by atoms with van der Waals surface area (Å²) in [5, 5.41) is 0. The van der Waals surface area contributed by atoms with Gasteiger partial charge in [0.1, 0.15) is 0 Å². The van der Waals surface area contributed by atoms with Crippen LogP contribution in [0.2, 0.25) is 0 Å². The summed E-state index contributed by atoms with van der Waals surface area (Å²) < 4.78 is 0. The van der Waals surface area contributed by atoms with Gasteiger partial charge in [-0.25, -0.2) is 0 Å². The van der Waals surface area contributed by atoms with E-state index in [1.165, 1.54) is 38.5 Å². The molecule has 1 spiro atoms. The zero-order valence-corrected chi connectivity index (χ0v) is 8.82. The maximum atomic E-state index is 2.53. The highest BCUT2D eigenvalue weighted by atomic mass is 14.7. The second-order valence-corrected chi connectivity index (χ2v) is 5.39. The largest absolute Gasteiger partial charge is 0.0651 e. The average Bonchev–Trinajstić information content (AvgIpc) is 2.50. The molecule has 12 heavy (non-hydrogen) atoms. The summed E-state index contributed by atoms with van der Waals surface area (Å²) in [4.78, 5) is 0. The first-order chi connectivity index (χ1) is 5.65. The van der Waals surface area contributed by atoms with Gasteiger partial charge in [-0.3, -0.25) is 0 Å². The second kappa shape index (κ2) is 2.49. The maximum absolute atomic E-state index is 2.53. The van der Waals surface area contributed by atoms with Gasteiger partial charge in [0.2, 0.25) is 0 Å². The zero-order chi connectivity index (χ0) is 8.82. The van der Waals surface area contributed by atoms with Crippen molar-refractivity contribution in [2.75, 3.05) is 0 Å². The van der Waals surface area contributed by atoms with Gasteiger partial charge >= 0.3 is 0 Å². The normalized spacial score (nSPS) is 40.2. The number of rotatable bonds is 2. The van der Waals surface area contributed by atoms with Crippen LogP contribution in [0.3, 0.4) is 0 Å². The average molecular weight is 166 g/mol. The molecule has 2 aliphatic carbocycles. The molecule has 70 valence electrons. The Bertz CT molecular complexity index is 176. The Morgan fingerprint density at radius 1 is 1.25 bits per heavy atom. The second-order valence-electron chi connectivity index (χ2n) is 5.39. The van der Waals surface area contributed by atoms with Crippen molar-refractivity contribution in [1.82, 2.24) is 0 Å². The van der Waals surface area contributed by atoms with Gasteiger partial charge in [-0.05, 0) is 36.0 Å². The minimum absolute atomic E-state index is 0.734. The molecule has 2 fully saturated rings. The lowest BCUT2D eigenvalue weighted by Gasteiger charge is -2.23. The molecule has 2 saturated carbocycles. The van der Waals surface area contributed by atoms with Crippen LogP contribution in [0.5, 0.6) is 0 Å². The summed E-state index contributed by atoms with van der Waals surface area (Å²) >= 11 is 0. The van der Waals surface area contributed by atoms with E-state index in [9.17, 15) is 0 Å². The number of hydrogen-bond acceptors (Lipinski definition) is 0. The van der Waals surface area contributed by atoms with Crippen molar-refractivity contribution in [3.63, 3.8) is 0 Å². The highest BCUT2D eigenvalue weighted by molar-refractivity contribution is 5.15. The minimum Gasteiger partial charge on any atom is -0.0651 e. The Hall–Kier alpha value is 0. The Labute approximate surface area is 76.7 Å². The predicted molar refractivity (Wildman–Crippen MR) is 53.1 cm³/mol. The molecular formula is C12H22. The first-order valence-corrected chi connectivity index (χ1v) is 5.65. The van der Waals surface area contributed by atoms with Gasteiger partial charge in [0, 0.05) is 0 Å². The summed E-state index contributed by atoms with van der Waals surface area (Å²) in [5.41, 5.74) is 1.56. The minimum atomic E-state index is 0.734. The van der Waals surface area contributed by atoms with Crippen LogP contribution in [-0.4, -0.2) is 0 Å². The highest BCUT2D eigenvalue weighted by Gasteiger charge is 2.65. The smallest absolute Gasteiger partial charge is 0.0235 e. The molecule has 0 bridgehead atoms. The quantitative estimate of drug-likeness (QED) is 0.581. The third-order valence-corrected chi connectivity index (χ3v) is 5.05. The fraction of sp³-hybridized carbons (Fsp3) is 1.00. The first-order valence-electron chi connectivity index (χ1n) is 5.65. The molecule has 0 saturated heterocycles. The van der Waals surface area contributed by atoms with Gasteiger partial charge in [0.25, 0.3) is 0 Å². The van der Waals surface area contributed by atoms with Crippen molar-refractivity contribution < 1.29 is 0 Å². The summed E-state index contributed by atoms with van der Waals surface area (Å²) in [5.74, 6) is 0.954. The number of hydrogen-bond donors (Lipinski definition) is 0. The van der Waals surface area contributed by atoms with E-state index >= 15 is 0 Å². The fourth-order valence-electron chi connectivity index (χ4n) is 3.61. The molecule has 0 amide bonds. The molecule has 0 aliphatic heterocycles. The molecule has 0 heteroatoms. The lowest BCUT2D eigenvalue weighted by atomic mass is 9.81. The van der Waals surface area contributed by atoms with Gasteiger partial charge in [-0.15, -0.1) is 0 Å². The molecule has 2 unspecified atom stereocenters. The lowest BCUT2D eigenvalue weighted by Crippen LogP contribution is -2.16. The van der Waals surface area contributed by atoms with Gasteiger partial charge in [-0.2, -0.15) is 0 Å². The monoisotopic (exact) mass is 166 g/mol. The van der Waals surface area contributed by atoms with E-state index in [1.807, 2.05) is 0 Å². The molecule has 0 aromatic carbocycles. The zero-order valence-electron chi connectivity index (χ0n) is 8.82. The standard InChI is InChI=1S/C12H22/c1-4-10(2)11(3)9-12(11)7-5-6-8-12/h10H,4-9H2,1-3H3. The van der Waals surface area contributed by atoms with Crippen molar-refractivity contribution in [2.45, 2.75) is 59.3 Å². The van der Waals surface area contributed by atoms with Gasteiger partial charge in [-0.1, -0.05) is 40.0 Å². The van der Waals surface area contributed by atoms with Crippen LogP contribution in [0.4, 0.5) is 0 Å². The van der Waals surface area contributed by atoms with Crippen LogP contribution in [0.1, 0.15) is 59.3 Å². The van der Waals surface area contributed by atoms with Crippen LogP contribution < -0.4 is 0 Å². The van der Waals surface area contributed by atoms with Crippen LogP contribution in [0, 0.1) is 16.7 Å². The highest BCUT2D eigenvalue weighted by Crippen LogP contribution is 2.74. The van der Waals surface area contributed by atoms with Crippen molar-refractivity contribution in [2.24, 2.45) is 16.7 Å². The van der Waals surface area contributed by atoms with Crippen molar-refractivity contribution >= 4 is 0 Å². The van der Waals surface area contributed by atoms with Crippen molar-refractivity contribution in [1.29, 1.82) is 0 Å². The fourth-order valence-corrected chi connectivity index (χ4v) is 3.61. The Balaban J connectivity index is 2.07. The first kappa shape index (κ1) is 8.59. The van der Waals surface area contributed by atoms with E-state index in [2.05, 4.69) is 20.8 Å². The molecular weight excluding hydrogens is 144 g/mol. The molecule has 2 aliphatic rings. The van der Waals surface area contributed by atoms with Gasteiger partial charge < -0.3 is 0 Å². The molecule has 2 atom stereocenters. The third-order valence-electron chi connectivity index (χ3n) is 5.05. The SMILES string of the molecule is CCC(C)C1(C)CC12CCCC2. The van der Waals surface area contributed by atoms with Gasteiger partial charge in [0.15, 0.2) is 0 Å². The molecule has 0 heterocycles. The molecule has 2 rings (SSSR count). The molecule has 0 aromatic rings. The molecule has 0 nitrogen and oxygen atoms in total. The predicted octanol–water partition coefficient (Wildman–Crippen LogP) is 4.00. The Kier molecular flexibility index (Phi) is 1.79. The van der Waals surface area contributed by atoms with Crippen molar-refractivity contribution in [3.8, 4) is 0 Å². The summed E-state index contributed by atoms with van der Waals surface area (Å²) in [7, 11) is 0. The molecule has 0 radical (unpaired) electrons. The van der Waals surface area contributed by atoms with E-state index in [4.69, 9.17) is 0 Å². The lowest BCUT2D eigenvalue weighted by molar-refractivity contribution is 0.256. The summed E-state index contributed by atoms with van der Waals surface area (Å²) in [6.07, 6.45) is 8.99. The van der Waals surface area contributed by atoms with Crippen LogP contribution >= 0.6 is 0 Å². The van der Waals surface area contributed by atoms with E-state index in [1.54, 1.807) is 0 Å². The van der Waals surface area contributed by atoms with Gasteiger partial charge in [0.05, 0.1) is 0 Å². The van der Waals surface area contributed by atoms with Crippen LogP contribution in [0.15, 0.2) is 0 Å². The van der Waals surface area contributed by atoms with E-state index < -0.39 is 0 Å². The van der Waals surface area contributed by atoms with Crippen molar-refractivity contribution in [3.05, 3.63) is 0 Å². The Morgan fingerprint density at radius 2 is 1.83 bits per heavy atom. The molecule has 0 aromatic heterocycles. The molecule has 0 N–H and O–H groups in total. The van der Waals surface area contributed by atoms with E-state index in [0.29, 0.717) is 0 Å². The van der Waals surface area contributed by atoms with E-state index in [-0.39, 0.29) is 0 Å². The van der Waals surface area contributed by atoms with E-state index in [0.717, 1.165) is 16.7 Å². The third kappa shape index (κ3) is 0.900. The Morgan fingerprint density at radius 3 is 2.33 bits per heavy atom. The maximum Gasteiger partial charge on any atom is -0.0235 e. The van der Waals surface area contributed by atoms with Crippen LogP contribution in [0.25, 0.3) is 0 Å². The topological polar surface area (TPSA) is 0 Å². The summed E-state index contributed by atoms with van der Waals surface area (Å²) in [6, 6.07) is 0.